The van der Waals surface area contributed by atoms with Crippen LogP contribution in [0.15, 0.2) is 47.8 Å². The second kappa shape index (κ2) is 10.9. The molecule has 0 saturated heterocycles. The van der Waals surface area contributed by atoms with Crippen molar-refractivity contribution in [1.29, 1.82) is 0 Å². The van der Waals surface area contributed by atoms with Crippen LogP contribution in [0, 0.1) is 0 Å². The molecule has 0 radical (unpaired) electrons. The van der Waals surface area contributed by atoms with Crippen LogP contribution < -0.4 is 19.5 Å². The highest BCUT2D eigenvalue weighted by atomic mass is 35.5. The van der Waals surface area contributed by atoms with Crippen molar-refractivity contribution in [2.45, 2.75) is 6.92 Å². The third-order valence-electron chi connectivity index (χ3n) is 4.38. The van der Waals surface area contributed by atoms with Gasteiger partial charge in [0.15, 0.2) is 18.1 Å². The molecule has 1 aromatic heterocycles. The molecule has 32 heavy (non-hydrogen) atoms. The third-order valence-corrected chi connectivity index (χ3v) is 5.51. The summed E-state index contributed by atoms with van der Waals surface area (Å²) in [5.74, 6) is 0.596. The lowest BCUT2D eigenvalue weighted by Gasteiger charge is -2.11. The predicted molar refractivity (Wildman–Crippen MR) is 124 cm³/mol. The van der Waals surface area contributed by atoms with Crippen LogP contribution in [-0.2, 0) is 9.53 Å². The molecule has 3 aromatic rings. The van der Waals surface area contributed by atoms with Crippen molar-refractivity contribution >= 4 is 39.8 Å². The maximum atomic E-state index is 12.7. The van der Waals surface area contributed by atoms with Crippen molar-refractivity contribution in [3.8, 4) is 28.4 Å². The number of benzene rings is 2. The number of carbonyl (C=O) groups is 2. The third kappa shape index (κ3) is 5.52. The van der Waals surface area contributed by atoms with Gasteiger partial charge in [-0.1, -0.05) is 23.7 Å². The number of anilines is 1. The van der Waals surface area contributed by atoms with E-state index < -0.39 is 11.9 Å². The first-order chi connectivity index (χ1) is 15.5. The summed E-state index contributed by atoms with van der Waals surface area (Å²) in [6.45, 7) is 1.68. The number of hydrogen-bond acceptors (Lipinski definition) is 7. The number of esters is 1. The van der Waals surface area contributed by atoms with Gasteiger partial charge in [-0.25, -0.2) is 4.79 Å². The molecule has 3 rings (SSSR count). The number of carbonyl (C=O) groups excluding carboxylic acids is 2. The van der Waals surface area contributed by atoms with E-state index in [2.05, 4.69) is 5.32 Å². The summed E-state index contributed by atoms with van der Waals surface area (Å²) < 4.78 is 21.4. The fourth-order valence-corrected chi connectivity index (χ4v) is 4.09. The lowest BCUT2D eigenvalue weighted by atomic mass is 10.0. The molecule has 2 aromatic carbocycles. The first kappa shape index (κ1) is 23.4. The molecule has 0 spiro atoms. The van der Waals surface area contributed by atoms with Gasteiger partial charge in [-0.3, -0.25) is 4.79 Å². The number of rotatable bonds is 9. The van der Waals surface area contributed by atoms with E-state index in [1.54, 1.807) is 61.9 Å². The molecule has 0 fully saturated rings. The van der Waals surface area contributed by atoms with Gasteiger partial charge >= 0.3 is 5.97 Å². The minimum Gasteiger partial charge on any atom is -0.493 e. The van der Waals surface area contributed by atoms with Gasteiger partial charge in [0.2, 0.25) is 0 Å². The Balaban J connectivity index is 1.86. The molecule has 1 amide bonds. The van der Waals surface area contributed by atoms with Crippen LogP contribution in [-0.4, -0.2) is 39.3 Å². The predicted octanol–water partition coefficient (Wildman–Crippen LogP) is 5.28. The zero-order chi connectivity index (χ0) is 23.1. The second-order valence-corrected chi connectivity index (χ2v) is 7.75. The summed E-state index contributed by atoms with van der Waals surface area (Å²) in [6.07, 6.45) is 0. The average Bonchev–Trinajstić information content (AvgIpc) is 3.21. The van der Waals surface area contributed by atoms with Gasteiger partial charge < -0.3 is 24.3 Å². The maximum Gasteiger partial charge on any atom is 0.341 e. The van der Waals surface area contributed by atoms with E-state index in [4.69, 9.17) is 30.5 Å². The fourth-order valence-electron chi connectivity index (χ4n) is 2.94. The molecule has 0 saturated carbocycles. The molecule has 0 aliphatic rings. The number of amides is 1. The van der Waals surface area contributed by atoms with E-state index >= 15 is 0 Å². The minimum atomic E-state index is -0.537. The van der Waals surface area contributed by atoms with Gasteiger partial charge in [0.05, 0.1) is 20.8 Å². The Bertz CT molecular complexity index is 1110. The quantitative estimate of drug-likeness (QED) is 0.424. The highest BCUT2D eigenvalue weighted by Crippen LogP contribution is 2.39. The molecule has 0 atom stereocenters. The zero-order valence-electron chi connectivity index (χ0n) is 17.8. The van der Waals surface area contributed by atoms with Crippen molar-refractivity contribution in [2.75, 3.05) is 32.8 Å². The summed E-state index contributed by atoms with van der Waals surface area (Å²) in [7, 11) is 3.08. The molecule has 7 nitrogen and oxygen atoms in total. The SMILES string of the molecule is CCOC(=O)c1c(-c2ccc(OC)c(OC)c2)csc1NC(=O)COc1cccc(Cl)c1. The molecule has 1 heterocycles. The molecule has 0 bridgehead atoms. The monoisotopic (exact) mass is 475 g/mol. The van der Waals surface area contributed by atoms with Gasteiger partial charge in [0.25, 0.3) is 5.91 Å². The van der Waals surface area contributed by atoms with E-state index in [1.165, 1.54) is 18.4 Å². The van der Waals surface area contributed by atoms with Crippen LogP contribution in [0.5, 0.6) is 17.2 Å². The average molecular weight is 476 g/mol. The Morgan fingerprint density at radius 2 is 1.84 bits per heavy atom. The number of ether oxygens (including phenoxy) is 4. The Kier molecular flexibility index (Phi) is 7.97. The number of hydrogen-bond donors (Lipinski definition) is 1. The Morgan fingerprint density at radius 1 is 1.06 bits per heavy atom. The van der Waals surface area contributed by atoms with Crippen LogP contribution in [0.1, 0.15) is 17.3 Å². The Labute approximate surface area is 194 Å². The van der Waals surface area contributed by atoms with Crippen molar-refractivity contribution in [1.82, 2.24) is 0 Å². The first-order valence-electron chi connectivity index (χ1n) is 9.66. The number of nitrogens with one attached hydrogen (secondary N) is 1. The van der Waals surface area contributed by atoms with Gasteiger partial charge in [-0.2, -0.15) is 0 Å². The molecular formula is C23H22ClNO6S. The van der Waals surface area contributed by atoms with Crippen molar-refractivity contribution in [2.24, 2.45) is 0 Å². The lowest BCUT2D eigenvalue weighted by molar-refractivity contribution is -0.118. The van der Waals surface area contributed by atoms with E-state index in [0.717, 1.165) is 5.56 Å². The molecule has 1 N–H and O–H groups in total. The molecule has 0 aliphatic carbocycles. The maximum absolute atomic E-state index is 12.7. The summed E-state index contributed by atoms with van der Waals surface area (Å²) >= 11 is 7.15. The standard InChI is InChI=1S/C23H22ClNO6S/c1-4-30-23(27)21-17(14-8-9-18(28-2)19(10-14)29-3)13-32-22(21)25-20(26)12-31-16-7-5-6-15(24)11-16/h5-11,13H,4,12H2,1-3H3,(H,25,26). The summed E-state index contributed by atoms with van der Waals surface area (Å²) in [6, 6.07) is 12.1. The van der Waals surface area contributed by atoms with Gasteiger partial charge in [-0.15, -0.1) is 11.3 Å². The van der Waals surface area contributed by atoms with Crippen LogP contribution >= 0.6 is 22.9 Å². The number of methoxy groups -OCH3 is 2. The van der Waals surface area contributed by atoms with Gasteiger partial charge in [0, 0.05) is 16.0 Å². The number of halogens is 1. The van der Waals surface area contributed by atoms with E-state index in [0.29, 0.717) is 32.8 Å². The van der Waals surface area contributed by atoms with E-state index in [1.807, 2.05) is 0 Å². The molecule has 0 aliphatic heterocycles. The van der Waals surface area contributed by atoms with Crippen LogP contribution in [0.2, 0.25) is 5.02 Å². The van der Waals surface area contributed by atoms with Crippen molar-refractivity contribution in [3.05, 3.63) is 58.4 Å². The van der Waals surface area contributed by atoms with Crippen LogP contribution in [0.25, 0.3) is 11.1 Å². The largest absolute Gasteiger partial charge is 0.493 e. The molecular weight excluding hydrogens is 454 g/mol. The smallest absolute Gasteiger partial charge is 0.341 e. The fraction of sp³-hybridized carbons (Fsp3) is 0.217. The van der Waals surface area contributed by atoms with E-state index in [9.17, 15) is 9.59 Å². The molecule has 9 heteroatoms. The molecule has 168 valence electrons. The lowest BCUT2D eigenvalue weighted by Crippen LogP contribution is -2.21. The van der Waals surface area contributed by atoms with Gasteiger partial charge in [-0.05, 0) is 42.8 Å². The van der Waals surface area contributed by atoms with Crippen LogP contribution in [0.4, 0.5) is 5.00 Å². The second-order valence-electron chi connectivity index (χ2n) is 6.44. The topological polar surface area (TPSA) is 83.1 Å². The molecule has 0 unspecified atom stereocenters. The Hall–Kier alpha value is -3.23. The highest BCUT2D eigenvalue weighted by Gasteiger charge is 2.23. The summed E-state index contributed by atoms with van der Waals surface area (Å²) in [5, 5.41) is 5.39. The summed E-state index contributed by atoms with van der Waals surface area (Å²) in [5.41, 5.74) is 1.60. The summed E-state index contributed by atoms with van der Waals surface area (Å²) in [4.78, 5) is 25.2. The normalized spacial score (nSPS) is 10.4. The minimum absolute atomic E-state index is 0.200. The van der Waals surface area contributed by atoms with Crippen molar-refractivity contribution < 1.29 is 28.5 Å². The Morgan fingerprint density at radius 3 is 2.53 bits per heavy atom. The van der Waals surface area contributed by atoms with Gasteiger partial charge in [0.1, 0.15) is 16.3 Å². The van der Waals surface area contributed by atoms with Crippen LogP contribution in [0.3, 0.4) is 0 Å². The number of thiophene rings is 1. The van der Waals surface area contributed by atoms with E-state index in [-0.39, 0.29) is 18.8 Å². The van der Waals surface area contributed by atoms with Crippen molar-refractivity contribution in [3.63, 3.8) is 0 Å². The highest BCUT2D eigenvalue weighted by molar-refractivity contribution is 7.15. The first-order valence-corrected chi connectivity index (χ1v) is 10.9. The zero-order valence-corrected chi connectivity index (χ0v) is 19.3.